The number of carboxylic acids is 1. The topological polar surface area (TPSA) is 149 Å². The van der Waals surface area contributed by atoms with Crippen LogP contribution < -0.4 is 10.6 Å². The van der Waals surface area contributed by atoms with Gasteiger partial charge in [-0.2, -0.15) is 0 Å². The lowest BCUT2D eigenvalue weighted by molar-refractivity contribution is -0.144. The van der Waals surface area contributed by atoms with Crippen LogP contribution in [0.3, 0.4) is 0 Å². The molecule has 0 bridgehead atoms. The fraction of sp³-hybridized carbons (Fsp3) is 0.649. The van der Waals surface area contributed by atoms with E-state index in [0.717, 1.165) is 85.9 Å². The highest BCUT2D eigenvalue weighted by Crippen LogP contribution is 2.29. The largest absolute Gasteiger partial charge is 0.481 e. The lowest BCUT2D eigenvalue weighted by Crippen LogP contribution is -2.57. The fourth-order valence-electron chi connectivity index (χ4n) is 6.22. The number of aliphatic carboxylic acids is 1. The Morgan fingerprint density at radius 2 is 1.48 bits per heavy atom. The number of hydrogen-bond acceptors (Lipinski definition) is 7. The molecule has 10 nitrogen and oxygen atoms in total. The highest BCUT2D eigenvalue weighted by molar-refractivity contribution is 7.13. The smallest absolute Gasteiger partial charge is 0.303 e. The van der Waals surface area contributed by atoms with E-state index in [2.05, 4.69) is 15.6 Å². The lowest BCUT2D eigenvalue weighted by atomic mass is 9.85. The Labute approximate surface area is 290 Å². The van der Waals surface area contributed by atoms with Crippen LogP contribution in [0, 0.1) is 12.3 Å². The first-order valence-corrected chi connectivity index (χ1v) is 18.5. The quantitative estimate of drug-likeness (QED) is 0.123. The molecule has 2 heterocycles. The summed E-state index contributed by atoms with van der Waals surface area (Å²) in [5.41, 5.74) is 4.20. The number of aryl methyl sites for hydroxylation is 1. The highest BCUT2D eigenvalue weighted by atomic mass is 32.1. The molecule has 1 aromatic carbocycles. The summed E-state index contributed by atoms with van der Waals surface area (Å²) in [7, 11) is 0. The number of likely N-dealkylation sites (tertiary alicyclic amines) is 1. The number of benzene rings is 1. The van der Waals surface area contributed by atoms with Gasteiger partial charge in [0.2, 0.25) is 17.7 Å². The zero-order valence-electron chi connectivity index (χ0n) is 29.4. The van der Waals surface area contributed by atoms with E-state index in [9.17, 15) is 24.3 Å². The number of unbranched alkanes of at least 4 members (excludes halogenated alkanes) is 9. The number of aliphatic hydroxyl groups excluding tert-OH is 1. The summed E-state index contributed by atoms with van der Waals surface area (Å²) in [5.74, 6) is -1.59. The molecule has 1 saturated heterocycles. The third kappa shape index (κ3) is 12.3. The Hall–Kier alpha value is -3.31. The van der Waals surface area contributed by atoms with Crippen LogP contribution in [0.25, 0.3) is 10.4 Å². The molecule has 1 aromatic heterocycles. The molecule has 4 atom stereocenters. The van der Waals surface area contributed by atoms with Gasteiger partial charge in [-0.1, -0.05) is 96.4 Å². The molecule has 2 aromatic rings. The van der Waals surface area contributed by atoms with Gasteiger partial charge in [0.1, 0.15) is 12.1 Å². The zero-order valence-corrected chi connectivity index (χ0v) is 30.2. The van der Waals surface area contributed by atoms with Gasteiger partial charge in [-0.05, 0) is 43.2 Å². The number of aliphatic hydroxyl groups is 1. The van der Waals surface area contributed by atoms with Gasteiger partial charge in [-0.3, -0.25) is 19.2 Å². The number of thiazole rings is 1. The zero-order chi connectivity index (χ0) is 35.3. The molecule has 11 heteroatoms. The number of hydrogen-bond donors (Lipinski definition) is 4. The van der Waals surface area contributed by atoms with Crippen molar-refractivity contribution in [3.8, 4) is 10.4 Å². The predicted molar refractivity (Wildman–Crippen MR) is 189 cm³/mol. The second-order valence-corrected chi connectivity index (χ2v) is 15.2. The molecule has 0 spiro atoms. The molecule has 3 rings (SSSR count). The van der Waals surface area contributed by atoms with Gasteiger partial charge in [0.15, 0.2) is 0 Å². The molecule has 0 aliphatic carbocycles. The number of carbonyl (C=O) groups is 4. The number of nitrogens with zero attached hydrogens (tertiary/aromatic N) is 2. The Balaban J connectivity index is 1.46. The van der Waals surface area contributed by atoms with Crippen LogP contribution in [0.15, 0.2) is 29.8 Å². The number of nitrogens with one attached hydrogen (secondary N) is 2. The molecule has 48 heavy (non-hydrogen) atoms. The van der Waals surface area contributed by atoms with E-state index in [4.69, 9.17) is 5.11 Å². The highest BCUT2D eigenvalue weighted by Gasteiger charge is 2.44. The molecule has 0 radical (unpaired) electrons. The molecule has 1 aliphatic heterocycles. The van der Waals surface area contributed by atoms with Gasteiger partial charge in [-0.25, -0.2) is 4.98 Å². The van der Waals surface area contributed by atoms with Crippen molar-refractivity contribution in [3.63, 3.8) is 0 Å². The van der Waals surface area contributed by atoms with Gasteiger partial charge in [0.05, 0.1) is 28.2 Å². The summed E-state index contributed by atoms with van der Waals surface area (Å²) in [6.45, 7) is 9.59. The van der Waals surface area contributed by atoms with E-state index in [1.54, 1.807) is 11.3 Å². The Kier molecular flexibility index (Phi) is 15.5. The van der Waals surface area contributed by atoms with E-state index in [-0.39, 0.29) is 43.1 Å². The summed E-state index contributed by atoms with van der Waals surface area (Å²) in [4.78, 5) is 57.8. The molecule has 4 N–H and O–H groups in total. The van der Waals surface area contributed by atoms with Gasteiger partial charge in [0.25, 0.3) is 0 Å². The Morgan fingerprint density at radius 1 is 0.917 bits per heavy atom. The minimum Gasteiger partial charge on any atom is -0.481 e. The van der Waals surface area contributed by atoms with Crippen molar-refractivity contribution in [1.82, 2.24) is 20.5 Å². The van der Waals surface area contributed by atoms with Crippen molar-refractivity contribution in [3.05, 3.63) is 41.0 Å². The summed E-state index contributed by atoms with van der Waals surface area (Å²) in [6.07, 6.45) is 9.93. The monoisotopic (exact) mass is 684 g/mol. The second kappa shape index (κ2) is 19.0. The van der Waals surface area contributed by atoms with Gasteiger partial charge in [-0.15, -0.1) is 11.3 Å². The van der Waals surface area contributed by atoms with Crippen LogP contribution >= 0.6 is 11.3 Å². The number of aromatic nitrogens is 1. The molecule has 4 unspecified atom stereocenters. The molecular formula is C37H56N4O6S. The van der Waals surface area contributed by atoms with Crippen molar-refractivity contribution in [2.45, 2.75) is 142 Å². The van der Waals surface area contributed by atoms with E-state index in [0.29, 0.717) is 6.42 Å². The third-order valence-electron chi connectivity index (χ3n) is 9.10. The van der Waals surface area contributed by atoms with Crippen LogP contribution in [-0.4, -0.2) is 68.5 Å². The SMILES string of the molecule is Cc1ncsc1-c1ccc(C(C)NC(=O)C2CC(O)CN2C(=O)C(NC(=O)CCCCCCCCCCCCC(=O)O)C(C)(C)C)cc1. The van der Waals surface area contributed by atoms with Gasteiger partial charge in [0, 0.05) is 25.8 Å². The summed E-state index contributed by atoms with van der Waals surface area (Å²) in [6, 6.07) is 6.02. The maximum atomic E-state index is 13.9. The number of carboxylic acid groups (broad SMARTS) is 1. The first kappa shape index (κ1) is 39.1. The standard InChI is InChI=1S/C37H56N4O6S/c1-25(27-18-20-28(21-19-27)33-26(2)38-24-48-33)39-35(46)30-22-29(42)23-41(30)36(47)34(37(3,4)5)40-31(43)16-14-12-10-8-6-7-9-11-13-15-17-32(44)45/h18-21,24-25,29-30,34,42H,6-17,22-23H2,1-5H3,(H,39,46)(H,40,43)(H,44,45). The number of β-amino-alcohol motifs (C(OH)–C–C–N with tert-alkyl or cyclic N) is 1. The van der Waals surface area contributed by atoms with E-state index in [1.165, 1.54) is 4.90 Å². The summed E-state index contributed by atoms with van der Waals surface area (Å²) < 4.78 is 0. The van der Waals surface area contributed by atoms with E-state index >= 15 is 0 Å². The normalized spacial score (nSPS) is 17.6. The second-order valence-electron chi connectivity index (χ2n) is 14.3. The van der Waals surface area contributed by atoms with Crippen molar-refractivity contribution in [2.75, 3.05) is 6.54 Å². The third-order valence-corrected chi connectivity index (χ3v) is 10.1. The summed E-state index contributed by atoms with van der Waals surface area (Å²) >= 11 is 1.59. The van der Waals surface area contributed by atoms with Crippen molar-refractivity contribution < 1.29 is 29.4 Å². The number of amides is 3. The van der Waals surface area contributed by atoms with Crippen LogP contribution in [-0.2, 0) is 19.2 Å². The molecular weight excluding hydrogens is 628 g/mol. The predicted octanol–water partition coefficient (Wildman–Crippen LogP) is 6.55. The lowest BCUT2D eigenvalue weighted by Gasteiger charge is -2.35. The van der Waals surface area contributed by atoms with E-state index in [1.807, 2.05) is 64.4 Å². The fourth-order valence-corrected chi connectivity index (χ4v) is 7.04. The molecule has 1 fully saturated rings. The first-order valence-electron chi connectivity index (χ1n) is 17.6. The molecule has 0 saturated carbocycles. The maximum Gasteiger partial charge on any atom is 0.303 e. The number of rotatable bonds is 19. The Morgan fingerprint density at radius 3 is 2.00 bits per heavy atom. The van der Waals surface area contributed by atoms with Crippen molar-refractivity contribution in [1.29, 1.82) is 0 Å². The van der Waals surface area contributed by atoms with E-state index < -0.39 is 29.6 Å². The average Bonchev–Trinajstić information content (AvgIpc) is 3.64. The van der Waals surface area contributed by atoms with Crippen LogP contribution in [0.4, 0.5) is 0 Å². The van der Waals surface area contributed by atoms with Crippen LogP contribution in [0.5, 0.6) is 0 Å². The molecule has 266 valence electrons. The van der Waals surface area contributed by atoms with Gasteiger partial charge < -0.3 is 25.7 Å². The Bertz CT molecular complexity index is 1340. The van der Waals surface area contributed by atoms with Crippen molar-refractivity contribution >= 4 is 35.0 Å². The first-order chi connectivity index (χ1) is 22.8. The van der Waals surface area contributed by atoms with Gasteiger partial charge >= 0.3 is 5.97 Å². The molecule has 1 aliphatic rings. The minimum atomic E-state index is -0.833. The number of carbonyl (C=O) groups excluding carboxylic acids is 3. The summed E-state index contributed by atoms with van der Waals surface area (Å²) in [5, 5.41) is 25.2. The molecule has 3 amide bonds. The minimum absolute atomic E-state index is 0.0407. The van der Waals surface area contributed by atoms with Crippen LogP contribution in [0.2, 0.25) is 0 Å². The van der Waals surface area contributed by atoms with Crippen LogP contribution in [0.1, 0.15) is 128 Å². The maximum absolute atomic E-state index is 13.9. The average molecular weight is 685 g/mol. The van der Waals surface area contributed by atoms with Crippen molar-refractivity contribution in [2.24, 2.45) is 5.41 Å².